The molecule has 5 nitrogen and oxygen atoms in total. The van der Waals surface area contributed by atoms with Crippen molar-refractivity contribution in [3.05, 3.63) is 41.5 Å². The van der Waals surface area contributed by atoms with Crippen molar-refractivity contribution in [2.75, 3.05) is 6.54 Å². The standard InChI is InChI=1S/C16H21N3O2/c1-3-17-11(2)8-9-15-18-16(19-21-15)14-10-12-6-4-5-7-13(12)20-14/h4-7,11,14,17H,3,8-10H2,1-2H3. The van der Waals surface area contributed by atoms with Gasteiger partial charge in [-0.15, -0.1) is 0 Å². The van der Waals surface area contributed by atoms with Crippen LogP contribution in [0.3, 0.4) is 0 Å². The van der Waals surface area contributed by atoms with E-state index < -0.39 is 0 Å². The molecule has 0 aliphatic carbocycles. The molecule has 0 fully saturated rings. The van der Waals surface area contributed by atoms with Crippen LogP contribution in [0.2, 0.25) is 0 Å². The van der Waals surface area contributed by atoms with Crippen molar-refractivity contribution in [2.24, 2.45) is 0 Å². The highest BCUT2D eigenvalue weighted by molar-refractivity contribution is 5.37. The van der Waals surface area contributed by atoms with Crippen LogP contribution >= 0.6 is 0 Å². The Morgan fingerprint density at radius 2 is 2.24 bits per heavy atom. The van der Waals surface area contributed by atoms with E-state index in [4.69, 9.17) is 9.26 Å². The fraction of sp³-hybridized carbons (Fsp3) is 0.500. The van der Waals surface area contributed by atoms with E-state index >= 15 is 0 Å². The van der Waals surface area contributed by atoms with Crippen LogP contribution in [-0.2, 0) is 12.8 Å². The summed E-state index contributed by atoms with van der Waals surface area (Å²) in [4.78, 5) is 4.48. The summed E-state index contributed by atoms with van der Waals surface area (Å²) in [5.74, 6) is 2.27. The number of rotatable bonds is 6. The summed E-state index contributed by atoms with van der Waals surface area (Å²) in [7, 11) is 0. The minimum Gasteiger partial charge on any atom is -0.482 e. The van der Waals surface area contributed by atoms with Gasteiger partial charge in [-0.25, -0.2) is 0 Å². The number of aromatic nitrogens is 2. The molecule has 3 rings (SSSR count). The molecule has 112 valence electrons. The summed E-state index contributed by atoms with van der Waals surface area (Å²) in [6, 6.07) is 8.51. The van der Waals surface area contributed by atoms with E-state index in [-0.39, 0.29) is 6.10 Å². The van der Waals surface area contributed by atoms with Gasteiger partial charge in [0, 0.05) is 18.9 Å². The largest absolute Gasteiger partial charge is 0.482 e. The van der Waals surface area contributed by atoms with Gasteiger partial charge in [0.2, 0.25) is 11.7 Å². The van der Waals surface area contributed by atoms with Crippen LogP contribution in [-0.4, -0.2) is 22.7 Å². The Bertz CT molecular complexity index is 572. The van der Waals surface area contributed by atoms with E-state index in [0.29, 0.717) is 17.8 Å². The Morgan fingerprint density at radius 3 is 3.05 bits per heavy atom. The second-order valence-electron chi connectivity index (χ2n) is 5.46. The average molecular weight is 287 g/mol. The zero-order valence-corrected chi connectivity index (χ0v) is 12.5. The summed E-state index contributed by atoms with van der Waals surface area (Å²) in [6.07, 6.45) is 2.47. The Hall–Kier alpha value is -1.88. The molecule has 2 heterocycles. The number of benzene rings is 1. The normalized spacial score (nSPS) is 18.3. The predicted octanol–water partition coefficient (Wildman–Crippen LogP) is 2.68. The first-order valence-electron chi connectivity index (χ1n) is 7.56. The lowest BCUT2D eigenvalue weighted by atomic mass is 10.1. The number of ether oxygens (including phenoxy) is 1. The maximum Gasteiger partial charge on any atom is 0.226 e. The van der Waals surface area contributed by atoms with Crippen LogP contribution < -0.4 is 10.1 Å². The average Bonchev–Trinajstić information content (AvgIpc) is 3.11. The van der Waals surface area contributed by atoms with E-state index in [1.54, 1.807) is 0 Å². The lowest BCUT2D eigenvalue weighted by Gasteiger charge is -2.09. The molecule has 5 heteroatoms. The van der Waals surface area contributed by atoms with Crippen LogP contribution in [0, 0.1) is 0 Å². The maximum atomic E-state index is 5.87. The Kier molecular flexibility index (Phi) is 4.20. The second kappa shape index (κ2) is 6.26. The van der Waals surface area contributed by atoms with Gasteiger partial charge in [0.05, 0.1) is 0 Å². The summed E-state index contributed by atoms with van der Waals surface area (Å²) < 4.78 is 11.2. The molecular formula is C16H21N3O2. The van der Waals surface area contributed by atoms with Gasteiger partial charge in [0.25, 0.3) is 0 Å². The molecule has 2 unspecified atom stereocenters. The van der Waals surface area contributed by atoms with Gasteiger partial charge in [-0.2, -0.15) is 4.98 Å². The summed E-state index contributed by atoms with van der Waals surface area (Å²) in [5, 5.41) is 7.45. The Balaban J connectivity index is 1.59. The minimum atomic E-state index is -0.119. The van der Waals surface area contributed by atoms with Crippen LogP contribution in [0.4, 0.5) is 0 Å². The number of para-hydroxylation sites is 1. The Morgan fingerprint density at radius 1 is 1.38 bits per heavy atom. The van der Waals surface area contributed by atoms with Crippen molar-refractivity contribution in [2.45, 2.75) is 45.3 Å². The third-order valence-electron chi connectivity index (χ3n) is 3.76. The SMILES string of the molecule is CCNC(C)CCc1nc(C2Cc3ccccc3O2)no1. The molecule has 1 aromatic heterocycles. The van der Waals surface area contributed by atoms with Gasteiger partial charge < -0.3 is 14.6 Å². The number of hydrogen-bond acceptors (Lipinski definition) is 5. The molecule has 0 radical (unpaired) electrons. The number of hydrogen-bond donors (Lipinski definition) is 1. The summed E-state index contributed by atoms with van der Waals surface area (Å²) in [6.45, 7) is 5.25. The smallest absolute Gasteiger partial charge is 0.226 e. The zero-order chi connectivity index (χ0) is 14.7. The summed E-state index contributed by atoms with van der Waals surface area (Å²) >= 11 is 0. The van der Waals surface area contributed by atoms with Crippen molar-refractivity contribution in [1.82, 2.24) is 15.5 Å². The van der Waals surface area contributed by atoms with Crippen LogP contribution in [0.15, 0.2) is 28.8 Å². The number of nitrogens with zero attached hydrogens (tertiary/aromatic N) is 2. The van der Waals surface area contributed by atoms with Gasteiger partial charge in [0.15, 0.2) is 6.10 Å². The van der Waals surface area contributed by atoms with Crippen molar-refractivity contribution in [3.8, 4) is 5.75 Å². The number of nitrogens with one attached hydrogen (secondary N) is 1. The molecule has 0 bridgehead atoms. The van der Waals surface area contributed by atoms with Crippen LogP contribution in [0.25, 0.3) is 0 Å². The first-order valence-corrected chi connectivity index (χ1v) is 7.56. The van der Waals surface area contributed by atoms with Crippen LogP contribution in [0.1, 0.15) is 43.7 Å². The molecule has 2 atom stereocenters. The highest BCUT2D eigenvalue weighted by Gasteiger charge is 2.28. The Labute approximate surface area is 124 Å². The van der Waals surface area contributed by atoms with Crippen molar-refractivity contribution in [1.29, 1.82) is 0 Å². The van der Waals surface area contributed by atoms with E-state index in [1.165, 1.54) is 5.56 Å². The van der Waals surface area contributed by atoms with Gasteiger partial charge >= 0.3 is 0 Å². The first-order chi connectivity index (χ1) is 10.3. The van der Waals surface area contributed by atoms with E-state index in [1.807, 2.05) is 18.2 Å². The lowest BCUT2D eigenvalue weighted by molar-refractivity contribution is 0.221. The van der Waals surface area contributed by atoms with Gasteiger partial charge in [-0.3, -0.25) is 0 Å². The van der Waals surface area contributed by atoms with Gasteiger partial charge in [-0.05, 0) is 31.5 Å². The molecule has 2 aromatic rings. The third kappa shape index (κ3) is 3.24. The van der Waals surface area contributed by atoms with Crippen molar-refractivity contribution < 1.29 is 9.26 Å². The maximum absolute atomic E-state index is 5.87. The monoisotopic (exact) mass is 287 g/mol. The van der Waals surface area contributed by atoms with Crippen molar-refractivity contribution >= 4 is 0 Å². The van der Waals surface area contributed by atoms with Gasteiger partial charge in [-0.1, -0.05) is 30.3 Å². The highest BCUT2D eigenvalue weighted by atomic mass is 16.5. The molecule has 0 spiro atoms. The second-order valence-corrected chi connectivity index (χ2v) is 5.46. The predicted molar refractivity (Wildman–Crippen MR) is 79.3 cm³/mol. The fourth-order valence-corrected chi connectivity index (χ4v) is 2.62. The number of fused-ring (bicyclic) bond motifs is 1. The lowest BCUT2D eigenvalue weighted by Crippen LogP contribution is -2.25. The molecule has 0 saturated heterocycles. The molecule has 1 N–H and O–H groups in total. The topological polar surface area (TPSA) is 60.2 Å². The van der Waals surface area contributed by atoms with Crippen molar-refractivity contribution in [3.63, 3.8) is 0 Å². The molecule has 0 amide bonds. The minimum absolute atomic E-state index is 0.119. The molecular weight excluding hydrogens is 266 g/mol. The third-order valence-corrected chi connectivity index (χ3v) is 3.76. The fourth-order valence-electron chi connectivity index (χ4n) is 2.62. The van der Waals surface area contributed by atoms with Gasteiger partial charge in [0.1, 0.15) is 5.75 Å². The summed E-state index contributed by atoms with van der Waals surface area (Å²) in [5.41, 5.74) is 1.20. The van der Waals surface area contributed by atoms with E-state index in [0.717, 1.165) is 31.6 Å². The molecule has 21 heavy (non-hydrogen) atoms. The zero-order valence-electron chi connectivity index (χ0n) is 12.5. The van der Waals surface area contributed by atoms with E-state index in [9.17, 15) is 0 Å². The molecule has 0 saturated carbocycles. The van der Waals surface area contributed by atoms with E-state index in [2.05, 4.69) is 35.4 Å². The first kappa shape index (κ1) is 14.1. The quantitative estimate of drug-likeness (QED) is 0.885. The molecule has 1 aliphatic heterocycles. The van der Waals surface area contributed by atoms with Crippen LogP contribution in [0.5, 0.6) is 5.75 Å². The molecule has 1 aliphatic rings. The molecule has 1 aromatic carbocycles. The highest BCUT2D eigenvalue weighted by Crippen LogP contribution is 2.35. The number of aryl methyl sites for hydroxylation is 1.